The number of benzene rings is 2. The summed E-state index contributed by atoms with van der Waals surface area (Å²) in [6.07, 6.45) is -7.99. The summed E-state index contributed by atoms with van der Waals surface area (Å²) in [6.45, 7) is 5.73. The van der Waals surface area contributed by atoms with Crippen molar-refractivity contribution < 1.29 is 41.0 Å². The first-order chi connectivity index (χ1) is 20.4. The van der Waals surface area contributed by atoms with E-state index < -0.39 is 35.5 Å². The topological polar surface area (TPSA) is 129 Å². The summed E-state index contributed by atoms with van der Waals surface area (Å²) in [5.41, 5.74) is 0.522. The van der Waals surface area contributed by atoms with Gasteiger partial charge in [0.15, 0.2) is 0 Å². The second-order valence-corrected chi connectivity index (χ2v) is 10.2. The van der Waals surface area contributed by atoms with Crippen LogP contribution in [0.3, 0.4) is 0 Å². The van der Waals surface area contributed by atoms with Crippen LogP contribution in [0, 0.1) is 0 Å². The molecule has 4 rings (SSSR count). The highest BCUT2D eigenvalue weighted by atomic mass is 35.5. The summed E-state index contributed by atoms with van der Waals surface area (Å²) in [4.78, 5) is 36.0. The minimum Gasteiger partial charge on any atom is -0.475 e. The van der Waals surface area contributed by atoms with Crippen LogP contribution < -0.4 is 26.4 Å². The Bertz CT molecular complexity index is 1520. The van der Waals surface area contributed by atoms with Gasteiger partial charge in [0.25, 0.3) is 5.56 Å². The zero-order valence-electron chi connectivity index (χ0n) is 23.1. The lowest BCUT2D eigenvalue weighted by molar-refractivity contribution is -0.192. The van der Waals surface area contributed by atoms with Gasteiger partial charge in [-0.3, -0.25) is 4.79 Å². The number of hydrogen-bond donors (Lipinski definition) is 4. The molecule has 1 aromatic heterocycles. The van der Waals surface area contributed by atoms with Crippen molar-refractivity contribution in [2.24, 2.45) is 0 Å². The predicted molar refractivity (Wildman–Crippen MR) is 151 cm³/mol. The number of alkyl halides is 6. The molecule has 44 heavy (non-hydrogen) atoms. The Labute approximate surface area is 251 Å². The third-order valence-corrected chi connectivity index (χ3v) is 6.45. The van der Waals surface area contributed by atoms with Crippen molar-refractivity contribution in [3.05, 3.63) is 81.2 Å². The van der Waals surface area contributed by atoms with Crippen molar-refractivity contribution in [1.82, 2.24) is 15.1 Å². The van der Waals surface area contributed by atoms with E-state index in [4.69, 9.17) is 21.5 Å². The van der Waals surface area contributed by atoms with Gasteiger partial charge in [0.05, 0.1) is 24.0 Å². The zero-order chi connectivity index (χ0) is 32.8. The maximum Gasteiger partial charge on any atom is 0.490 e. The molecule has 1 aliphatic heterocycles. The zero-order valence-corrected chi connectivity index (χ0v) is 23.9. The lowest BCUT2D eigenvalue weighted by Gasteiger charge is -2.37. The first-order valence-electron chi connectivity index (χ1n) is 12.8. The van der Waals surface area contributed by atoms with Gasteiger partial charge in [-0.15, -0.1) is 0 Å². The normalized spacial score (nSPS) is 16.9. The van der Waals surface area contributed by atoms with Crippen molar-refractivity contribution >= 4 is 40.7 Å². The molecule has 2 aromatic carbocycles. The Kier molecular flexibility index (Phi) is 10.9. The Morgan fingerprint density at radius 2 is 1.57 bits per heavy atom. The second kappa shape index (κ2) is 14.0. The maximum absolute atomic E-state index is 12.9. The molecule has 2 heterocycles. The van der Waals surface area contributed by atoms with Crippen LogP contribution in [0.5, 0.6) is 0 Å². The van der Waals surface area contributed by atoms with Gasteiger partial charge >= 0.3 is 24.4 Å². The summed E-state index contributed by atoms with van der Waals surface area (Å²) in [5, 5.41) is 19.9. The fourth-order valence-electron chi connectivity index (χ4n) is 4.25. The van der Waals surface area contributed by atoms with Crippen LogP contribution in [0.15, 0.2) is 59.5 Å². The fourth-order valence-corrected chi connectivity index (χ4v) is 4.51. The molecule has 4 N–H and O–H groups in total. The van der Waals surface area contributed by atoms with Crippen LogP contribution in [0.4, 0.5) is 48.2 Å². The minimum absolute atomic E-state index is 0.0134. The van der Waals surface area contributed by atoms with E-state index >= 15 is 0 Å². The molecule has 1 fully saturated rings. The van der Waals surface area contributed by atoms with Crippen LogP contribution in [-0.2, 0) is 17.5 Å². The standard InChI is InChI=1S/C25H26ClF3N6O2.C2HF3O2/c1-15-12-34(13-16(2)31-15)21-11-30-35(23(36)22(21)26)14-17-6-8-19(9-7-17)32-24(37)33-20-5-3-4-18(10-20)25(27,28)29;3-2(4,5)1(6)7/h3-11,15-16,31H,12-14H2,1-2H3,(H2,32,33,37);(H,6,7). The van der Waals surface area contributed by atoms with Gasteiger partial charge in [-0.05, 0) is 49.7 Å². The largest absolute Gasteiger partial charge is 0.490 e. The lowest BCUT2D eigenvalue weighted by Crippen LogP contribution is -2.54. The first kappa shape index (κ1) is 34.2. The minimum atomic E-state index is -5.08. The SMILES string of the molecule is CC1CN(c2cnn(Cc3ccc(NC(=O)Nc4cccc(C(F)(F)F)c4)cc3)c(=O)c2Cl)CC(C)N1.O=C(O)C(F)(F)F. The Morgan fingerprint density at radius 3 is 2.11 bits per heavy atom. The summed E-state index contributed by atoms with van der Waals surface area (Å²) < 4.78 is 71.6. The van der Waals surface area contributed by atoms with Crippen molar-refractivity contribution in [1.29, 1.82) is 0 Å². The third-order valence-electron chi connectivity index (χ3n) is 6.10. The molecule has 1 saturated heterocycles. The highest BCUT2D eigenvalue weighted by Gasteiger charge is 2.38. The molecule has 0 radical (unpaired) electrons. The molecule has 3 aromatic rings. The van der Waals surface area contributed by atoms with E-state index in [1.54, 1.807) is 30.5 Å². The highest BCUT2D eigenvalue weighted by Crippen LogP contribution is 2.30. The van der Waals surface area contributed by atoms with Gasteiger partial charge in [-0.25, -0.2) is 14.3 Å². The molecule has 0 bridgehead atoms. The number of carboxylic acid groups (broad SMARTS) is 1. The average molecular weight is 649 g/mol. The number of piperazine rings is 1. The summed E-state index contributed by atoms with van der Waals surface area (Å²) in [6, 6.07) is 10.8. The van der Waals surface area contributed by atoms with E-state index in [0.29, 0.717) is 24.5 Å². The number of urea groups is 1. The number of carboxylic acids is 1. The number of aromatic nitrogens is 2. The summed E-state index contributed by atoms with van der Waals surface area (Å²) >= 11 is 6.42. The van der Waals surface area contributed by atoms with Crippen molar-refractivity contribution in [3.63, 3.8) is 0 Å². The number of rotatable bonds is 5. The highest BCUT2D eigenvalue weighted by molar-refractivity contribution is 6.33. The number of aliphatic carboxylic acids is 1. The molecule has 238 valence electrons. The van der Waals surface area contributed by atoms with Gasteiger partial charge in [-0.2, -0.15) is 31.4 Å². The number of carbonyl (C=O) groups excluding carboxylic acids is 1. The van der Waals surface area contributed by atoms with E-state index in [1.165, 1.54) is 16.8 Å². The van der Waals surface area contributed by atoms with Gasteiger partial charge in [-0.1, -0.05) is 29.8 Å². The molecule has 0 spiro atoms. The molecule has 0 aliphatic carbocycles. The molecular weight excluding hydrogens is 622 g/mol. The molecule has 1 aliphatic rings. The number of nitrogens with one attached hydrogen (secondary N) is 3. The van der Waals surface area contributed by atoms with Crippen molar-refractivity contribution in [2.75, 3.05) is 28.6 Å². The quantitative estimate of drug-likeness (QED) is 0.272. The number of halogens is 7. The van der Waals surface area contributed by atoms with E-state index in [2.05, 4.69) is 39.8 Å². The summed E-state index contributed by atoms with van der Waals surface area (Å²) in [7, 11) is 0. The first-order valence-corrected chi connectivity index (χ1v) is 13.2. The molecule has 10 nitrogen and oxygen atoms in total. The van der Waals surface area contributed by atoms with Gasteiger partial charge in [0.1, 0.15) is 5.02 Å². The smallest absolute Gasteiger partial charge is 0.475 e. The van der Waals surface area contributed by atoms with E-state index in [-0.39, 0.29) is 29.3 Å². The number of amides is 2. The van der Waals surface area contributed by atoms with E-state index in [0.717, 1.165) is 17.7 Å². The predicted octanol–water partition coefficient (Wildman–Crippen LogP) is 5.43. The lowest BCUT2D eigenvalue weighted by atomic mass is 10.1. The third kappa shape index (κ3) is 9.60. The van der Waals surface area contributed by atoms with Crippen LogP contribution in [0.1, 0.15) is 25.0 Å². The summed E-state index contributed by atoms with van der Waals surface area (Å²) in [5.74, 6) is -2.76. The number of hydrogen-bond acceptors (Lipinski definition) is 6. The Hall–Kier alpha value is -4.31. The van der Waals surface area contributed by atoms with Crippen molar-refractivity contribution in [3.8, 4) is 0 Å². The molecule has 2 unspecified atom stereocenters. The van der Waals surface area contributed by atoms with Crippen LogP contribution in [-0.4, -0.2) is 58.2 Å². The molecule has 2 atom stereocenters. The number of anilines is 3. The average Bonchev–Trinajstić information content (AvgIpc) is 2.91. The van der Waals surface area contributed by atoms with Crippen LogP contribution >= 0.6 is 11.6 Å². The molecule has 0 saturated carbocycles. The molecule has 17 heteroatoms. The maximum atomic E-state index is 12.9. The fraction of sp³-hybridized carbons (Fsp3) is 0.333. The molecule has 2 amide bonds. The molecular formula is C27H27ClF6N6O4. The van der Waals surface area contributed by atoms with Gasteiger partial charge < -0.3 is 26.0 Å². The number of carbonyl (C=O) groups is 2. The monoisotopic (exact) mass is 648 g/mol. The van der Waals surface area contributed by atoms with E-state index in [9.17, 15) is 35.9 Å². The van der Waals surface area contributed by atoms with Crippen LogP contribution in [0.2, 0.25) is 5.02 Å². The number of nitrogens with zero attached hydrogens (tertiary/aromatic N) is 3. The van der Waals surface area contributed by atoms with Crippen LogP contribution in [0.25, 0.3) is 0 Å². The van der Waals surface area contributed by atoms with E-state index in [1.807, 2.05) is 0 Å². The Balaban J connectivity index is 0.000000676. The van der Waals surface area contributed by atoms with Gasteiger partial charge in [0, 0.05) is 36.5 Å². The second-order valence-electron chi connectivity index (χ2n) is 9.84. The van der Waals surface area contributed by atoms with Crippen molar-refractivity contribution in [2.45, 2.75) is 44.8 Å². The van der Waals surface area contributed by atoms with Gasteiger partial charge in [0.2, 0.25) is 0 Å². The Morgan fingerprint density at radius 1 is 1.00 bits per heavy atom.